The summed E-state index contributed by atoms with van der Waals surface area (Å²) < 4.78 is 22.7. The Balaban J connectivity index is 2.14. The average molecular weight is 366 g/mol. The zero-order chi connectivity index (χ0) is 16.5. The van der Waals surface area contributed by atoms with Gasteiger partial charge in [-0.3, -0.25) is 4.79 Å². The molecule has 1 aliphatic heterocycles. The molecule has 0 saturated carbocycles. The fraction of sp³-hybridized carbons (Fsp3) is 0.385. The molecule has 6 nitrogen and oxygen atoms in total. The predicted octanol–water partition coefficient (Wildman–Crippen LogP) is 2.45. The van der Waals surface area contributed by atoms with Crippen molar-refractivity contribution in [2.45, 2.75) is 12.8 Å². The summed E-state index contributed by atoms with van der Waals surface area (Å²) in [5.74, 6) is -1.96. The van der Waals surface area contributed by atoms with Crippen LogP contribution in [0.25, 0.3) is 0 Å². The number of sulfone groups is 1. The second-order valence-electron chi connectivity index (χ2n) is 5.14. The van der Waals surface area contributed by atoms with E-state index in [0.717, 1.165) is 0 Å². The third kappa shape index (κ3) is 4.12. The number of aromatic carboxylic acids is 1. The van der Waals surface area contributed by atoms with E-state index in [1.54, 1.807) is 0 Å². The standard InChI is InChI=1S/C13H13Cl2NO5S/c14-8-4-9(13(18)19)12(10(15)5-8)16-11(17)3-7-1-2-22(20,21)6-7/h4-5,7H,1-3,6H2,(H,16,17)(H,18,19). The van der Waals surface area contributed by atoms with E-state index < -0.39 is 21.7 Å². The number of amides is 1. The van der Waals surface area contributed by atoms with Crippen molar-refractivity contribution in [3.05, 3.63) is 27.7 Å². The molecule has 0 bridgehead atoms. The van der Waals surface area contributed by atoms with Crippen LogP contribution in [0.3, 0.4) is 0 Å². The highest BCUT2D eigenvalue weighted by molar-refractivity contribution is 7.91. The lowest BCUT2D eigenvalue weighted by Crippen LogP contribution is -2.19. The van der Waals surface area contributed by atoms with Crippen LogP contribution in [0, 0.1) is 5.92 Å². The molecule has 0 aromatic heterocycles. The number of anilines is 1. The SMILES string of the molecule is O=C(CC1CCS(=O)(=O)C1)Nc1c(Cl)cc(Cl)cc1C(=O)O. The Kier molecular flexibility index (Phi) is 4.99. The molecule has 1 unspecified atom stereocenters. The highest BCUT2D eigenvalue weighted by atomic mass is 35.5. The first kappa shape index (κ1) is 17.1. The van der Waals surface area contributed by atoms with E-state index in [-0.39, 0.29) is 45.1 Å². The van der Waals surface area contributed by atoms with Gasteiger partial charge in [-0.1, -0.05) is 23.2 Å². The first-order valence-corrected chi connectivity index (χ1v) is 8.98. The lowest BCUT2D eigenvalue weighted by atomic mass is 10.0. The maximum atomic E-state index is 12.0. The molecule has 0 aliphatic carbocycles. The molecule has 1 aromatic rings. The molecule has 2 rings (SSSR count). The number of halogens is 2. The van der Waals surface area contributed by atoms with Gasteiger partial charge in [-0.05, 0) is 24.5 Å². The summed E-state index contributed by atoms with van der Waals surface area (Å²) in [5, 5.41) is 11.7. The molecule has 2 N–H and O–H groups in total. The largest absolute Gasteiger partial charge is 0.478 e. The Labute approximate surface area is 137 Å². The van der Waals surface area contributed by atoms with Crippen LogP contribution < -0.4 is 5.32 Å². The third-order valence-electron chi connectivity index (χ3n) is 3.35. The van der Waals surface area contributed by atoms with Gasteiger partial charge in [0.25, 0.3) is 0 Å². The van der Waals surface area contributed by atoms with Gasteiger partial charge < -0.3 is 10.4 Å². The molecule has 1 amide bonds. The molecule has 1 fully saturated rings. The van der Waals surface area contributed by atoms with E-state index >= 15 is 0 Å². The van der Waals surface area contributed by atoms with Crippen molar-refractivity contribution >= 4 is 50.6 Å². The van der Waals surface area contributed by atoms with Crippen LogP contribution in [0.1, 0.15) is 23.2 Å². The van der Waals surface area contributed by atoms with E-state index in [2.05, 4.69) is 5.32 Å². The van der Waals surface area contributed by atoms with Crippen LogP contribution in [-0.4, -0.2) is 36.9 Å². The number of benzene rings is 1. The Morgan fingerprint density at radius 1 is 1.32 bits per heavy atom. The van der Waals surface area contributed by atoms with Crippen molar-refractivity contribution in [3.63, 3.8) is 0 Å². The number of carbonyl (C=O) groups is 2. The minimum atomic E-state index is -3.07. The number of carbonyl (C=O) groups excluding carboxylic acids is 1. The Morgan fingerprint density at radius 2 is 2.00 bits per heavy atom. The Bertz CT molecular complexity index is 732. The van der Waals surface area contributed by atoms with Crippen LogP contribution in [0.15, 0.2) is 12.1 Å². The maximum Gasteiger partial charge on any atom is 0.337 e. The van der Waals surface area contributed by atoms with Gasteiger partial charge in [0.1, 0.15) is 0 Å². The van der Waals surface area contributed by atoms with E-state index in [1.165, 1.54) is 12.1 Å². The number of rotatable bonds is 4. The first-order chi connectivity index (χ1) is 10.2. The molecule has 1 heterocycles. The highest BCUT2D eigenvalue weighted by Crippen LogP contribution is 2.31. The van der Waals surface area contributed by atoms with Gasteiger partial charge in [0.2, 0.25) is 5.91 Å². The van der Waals surface area contributed by atoms with Crippen molar-refractivity contribution in [1.29, 1.82) is 0 Å². The number of nitrogens with one attached hydrogen (secondary N) is 1. The number of hydrogen-bond donors (Lipinski definition) is 2. The Hall–Kier alpha value is -1.31. The van der Waals surface area contributed by atoms with Crippen LogP contribution >= 0.6 is 23.2 Å². The van der Waals surface area contributed by atoms with E-state index in [4.69, 9.17) is 28.3 Å². The molecule has 9 heteroatoms. The van der Waals surface area contributed by atoms with E-state index in [1.807, 2.05) is 0 Å². The molecule has 1 aromatic carbocycles. The van der Waals surface area contributed by atoms with E-state index in [0.29, 0.717) is 6.42 Å². The third-order valence-corrected chi connectivity index (χ3v) is 5.70. The zero-order valence-electron chi connectivity index (χ0n) is 11.3. The fourth-order valence-corrected chi connectivity index (χ4v) is 4.76. The molecular weight excluding hydrogens is 353 g/mol. The summed E-state index contributed by atoms with van der Waals surface area (Å²) in [6.45, 7) is 0. The van der Waals surface area contributed by atoms with Crippen LogP contribution in [0.4, 0.5) is 5.69 Å². The van der Waals surface area contributed by atoms with Crippen LogP contribution in [0.5, 0.6) is 0 Å². The van der Waals surface area contributed by atoms with Gasteiger partial charge in [0, 0.05) is 11.4 Å². The summed E-state index contributed by atoms with van der Waals surface area (Å²) in [4.78, 5) is 23.2. The lowest BCUT2D eigenvalue weighted by molar-refractivity contribution is -0.116. The summed E-state index contributed by atoms with van der Waals surface area (Å²) in [6, 6.07) is 2.51. The zero-order valence-corrected chi connectivity index (χ0v) is 13.6. The van der Waals surface area contributed by atoms with Gasteiger partial charge >= 0.3 is 5.97 Å². The second kappa shape index (κ2) is 6.44. The van der Waals surface area contributed by atoms with E-state index in [9.17, 15) is 18.0 Å². The van der Waals surface area contributed by atoms with Crippen LogP contribution in [-0.2, 0) is 14.6 Å². The minimum absolute atomic E-state index is 0.00273. The van der Waals surface area contributed by atoms with Crippen LogP contribution in [0.2, 0.25) is 10.0 Å². The molecule has 120 valence electrons. The normalized spacial score (nSPS) is 19.8. The number of carboxylic acids is 1. The second-order valence-corrected chi connectivity index (χ2v) is 8.21. The fourth-order valence-electron chi connectivity index (χ4n) is 2.35. The molecule has 0 radical (unpaired) electrons. The van der Waals surface area contributed by atoms with Crippen molar-refractivity contribution in [2.75, 3.05) is 16.8 Å². The average Bonchev–Trinajstić information content (AvgIpc) is 2.71. The maximum absolute atomic E-state index is 12.0. The summed E-state index contributed by atoms with van der Waals surface area (Å²) >= 11 is 11.7. The smallest absolute Gasteiger partial charge is 0.337 e. The van der Waals surface area contributed by atoms with Crippen molar-refractivity contribution in [3.8, 4) is 0 Å². The first-order valence-electron chi connectivity index (χ1n) is 6.40. The molecular formula is C13H13Cl2NO5S. The molecule has 0 spiro atoms. The molecule has 1 aliphatic rings. The van der Waals surface area contributed by atoms with Gasteiger partial charge in [-0.2, -0.15) is 0 Å². The van der Waals surface area contributed by atoms with Crippen molar-refractivity contribution in [2.24, 2.45) is 5.92 Å². The molecule has 1 saturated heterocycles. The number of carboxylic acid groups (broad SMARTS) is 1. The minimum Gasteiger partial charge on any atom is -0.478 e. The quantitative estimate of drug-likeness (QED) is 0.853. The molecule has 22 heavy (non-hydrogen) atoms. The lowest BCUT2D eigenvalue weighted by Gasteiger charge is -2.13. The van der Waals surface area contributed by atoms with Crippen molar-refractivity contribution < 1.29 is 23.1 Å². The topological polar surface area (TPSA) is 101 Å². The van der Waals surface area contributed by atoms with Gasteiger partial charge in [-0.15, -0.1) is 0 Å². The van der Waals surface area contributed by atoms with Gasteiger partial charge in [0.05, 0.1) is 27.8 Å². The highest BCUT2D eigenvalue weighted by Gasteiger charge is 2.29. The van der Waals surface area contributed by atoms with Crippen molar-refractivity contribution in [1.82, 2.24) is 0 Å². The molecule has 1 atom stereocenters. The summed E-state index contributed by atoms with van der Waals surface area (Å²) in [6.07, 6.45) is 0.424. The number of hydrogen-bond acceptors (Lipinski definition) is 4. The monoisotopic (exact) mass is 365 g/mol. The van der Waals surface area contributed by atoms with Gasteiger partial charge in [-0.25, -0.2) is 13.2 Å². The van der Waals surface area contributed by atoms with Gasteiger partial charge in [0.15, 0.2) is 9.84 Å². The summed E-state index contributed by atoms with van der Waals surface area (Å²) in [5.41, 5.74) is -0.255. The Morgan fingerprint density at radius 3 is 2.55 bits per heavy atom. The predicted molar refractivity (Wildman–Crippen MR) is 83.4 cm³/mol. The summed E-state index contributed by atoms with van der Waals surface area (Å²) in [7, 11) is -3.07.